The van der Waals surface area contributed by atoms with Crippen LogP contribution in [0.5, 0.6) is 0 Å². The summed E-state index contributed by atoms with van der Waals surface area (Å²) in [5.41, 5.74) is 2.53. The van der Waals surface area contributed by atoms with Gasteiger partial charge in [0.2, 0.25) is 0 Å². The molecule has 1 aliphatic rings. The van der Waals surface area contributed by atoms with Crippen molar-refractivity contribution in [3.8, 4) is 0 Å². The molecule has 0 spiro atoms. The average molecular weight is 340 g/mol. The van der Waals surface area contributed by atoms with Crippen molar-refractivity contribution in [2.24, 2.45) is 0 Å². The highest BCUT2D eigenvalue weighted by Crippen LogP contribution is 2.29. The standard InChI is InChI=1S/C18H20N4O3/c1-13-2-5-15(6-3-13)20-18(23)14-4-7-16(17(12-14)22(24)25)21-10-8-19-9-11-21/h2-7,12,19H,8-11H2,1H3,(H,20,23). The Bertz CT molecular complexity index is 783. The summed E-state index contributed by atoms with van der Waals surface area (Å²) in [7, 11) is 0. The Morgan fingerprint density at radius 1 is 1.16 bits per heavy atom. The molecule has 3 rings (SSSR count). The molecule has 2 aromatic carbocycles. The van der Waals surface area contributed by atoms with Gasteiger partial charge in [-0.15, -0.1) is 0 Å². The van der Waals surface area contributed by atoms with E-state index in [1.54, 1.807) is 24.3 Å². The fourth-order valence-corrected chi connectivity index (χ4v) is 2.82. The lowest BCUT2D eigenvalue weighted by Gasteiger charge is -2.29. The summed E-state index contributed by atoms with van der Waals surface area (Å²) in [6.07, 6.45) is 0. The topological polar surface area (TPSA) is 87.5 Å². The molecule has 0 aromatic heterocycles. The van der Waals surface area contributed by atoms with Gasteiger partial charge in [0.1, 0.15) is 5.69 Å². The van der Waals surface area contributed by atoms with Crippen LogP contribution in [0, 0.1) is 17.0 Å². The summed E-state index contributed by atoms with van der Waals surface area (Å²) in [5.74, 6) is -0.362. The van der Waals surface area contributed by atoms with Crippen molar-refractivity contribution in [3.05, 3.63) is 63.7 Å². The Hall–Kier alpha value is -2.93. The monoisotopic (exact) mass is 340 g/mol. The van der Waals surface area contributed by atoms with Crippen molar-refractivity contribution in [2.75, 3.05) is 36.4 Å². The maximum absolute atomic E-state index is 12.4. The molecule has 0 radical (unpaired) electrons. The number of carbonyl (C=O) groups excluding carboxylic acids is 1. The molecule has 25 heavy (non-hydrogen) atoms. The maximum Gasteiger partial charge on any atom is 0.293 e. The number of hydrogen-bond acceptors (Lipinski definition) is 5. The average Bonchev–Trinajstić information content (AvgIpc) is 2.63. The Balaban J connectivity index is 1.84. The number of nitrogens with zero attached hydrogens (tertiary/aromatic N) is 2. The predicted octanol–water partition coefficient (Wildman–Crippen LogP) is 2.57. The summed E-state index contributed by atoms with van der Waals surface area (Å²) < 4.78 is 0. The van der Waals surface area contributed by atoms with Crippen LogP contribution in [0.1, 0.15) is 15.9 Å². The second-order valence-corrected chi connectivity index (χ2v) is 6.02. The number of aryl methyl sites for hydroxylation is 1. The Labute approximate surface area is 145 Å². The van der Waals surface area contributed by atoms with Gasteiger partial charge in [0.05, 0.1) is 4.92 Å². The minimum atomic E-state index is -0.431. The van der Waals surface area contributed by atoms with Gasteiger partial charge in [-0.1, -0.05) is 17.7 Å². The zero-order valence-corrected chi connectivity index (χ0v) is 14.0. The zero-order valence-electron chi connectivity index (χ0n) is 14.0. The number of nitro benzene ring substituents is 1. The van der Waals surface area contributed by atoms with Gasteiger partial charge < -0.3 is 15.5 Å². The third kappa shape index (κ3) is 3.95. The van der Waals surface area contributed by atoms with Crippen molar-refractivity contribution < 1.29 is 9.72 Å². The molecule has 0 saturated carbocycles. The molecule has 1 saturated heterocycles. The third-order valence-corrected chi connectivity index (χ3v) is 4.20. The number of anilines is 2. The van der Waals surface area contributed by atoms with Gasteiger partial charge in [-0.2, -0.15) is 0 Å². The van der Waals surface area contributed by atoms with Crippen LogP contribution in [0.2, 0.25) is 0 Å². The van der Waals surface area contributed by atoms with Gasteiger partial charge in [0, 0.05) is 43.5 Å². The predicted molar refractivity (Wildman–Crippen MR) is 97.3 cm³/mol. The van der Waals surface area contributed by atoms with Crippen LogP contribution in [-0.2, 0) is 0 Å². The highest BCUT2D eigenvalue weighted by Gasteiger charge is 2.23. The molecule has 2 aromatic rings. The molecule has 130 valence electrons. The lowest BCUT2D eigenvalue weighted by atomic mass is 10.1. The number of carbonyl (C=O) groups is 1. The number of nitrogens with one attached hydrogen (secondary N) is 2. The lowest BCUT2D eigenvalue weighted by Crippen LogP contribution is -2.43. The van der Waals surface area contributed by atoms with E-state index in [2.05, 4.69) is 10.6 Å². The summed E-state index contributed by atoms with van der Waals surface area (Å²) in [4.78, 5) is 25.4. The molecule has 7 nitrogen and oxygen atoms in total. The van der Waals surface area contributed by atoms with E-state index in [-0.39, 0.29) is 17.2 Å². The largest absolute Gasteiger partial charge is 0.363 e. The van der Waals surface area contributed by atoms with E-state index >= 15 is 0 Å². The van der Waals surface area contributed by atoms with Crippen LogP contribution >= 0.6 is 0 Å². The SMILES string of the molecule is Cc1ccc(NC(=O)c2ccc(N3CCNCC3)c([N+](=O)[O-])c2)cc1. The molecule has 1 fully saturated rings. The quantitative estimate of drug-likeness (QED) is 0.660. The summed E-state index contributed by atoms with van der Waals surface area (Å²) in [5, 5.41) is 17.5. The maximum atomic E-state index is 12.4. The first-order valence-electron chi connectivity index (χ1n) is 8.17. The van der Waals surface area contributed by atoms with Gasteiger partial charge >= 0.3 is 0 Å². The summed E-state index contributed by atoms with van der Waals surface area (Å²) in [6.45, 7) is 4.94. The van der Waals surface area contributed by atoms with E-state index < -0.39 is 4.92 Å². The van der Waals surface area contributed by atoms with E-state index in [0.29, 0.717) is 24.5 Å². The molecule has 2 N–H and O–H groups in total. The molecule has 1 amide bonds. The Morgan fingerprint density at radius 3 is 2.48 bits per heavy atom. The highest BCUT2D eigenvalue weighted by atomic mass is 16.6. The Kier molecular flexibility index (Phi) is 4.95. The minimum absolute atomic E-state index is 0.0431. The molecular weight excluding hydrogens is 320 g/mol. The molecular formula is C18H20N4O3. The van der Waals surface area contributed by atoms with Gasteiger partial charge in [0.15, 0.2) is 0 Å². The normalized spacial score (nSPS) is 14.2. The second kappa shape index (κ2) is 7.31. The first kappa shape index (κ1) is 16.9. The second-order valence-electron chi connectivity index (χ2n) is 6.02. The van der Waals surface area contributed by atoms with E-state index in [1.807, 2.05) is 24.0 Å². The Morgan fingerprint density at radius 2 is 1.84 bits per heavy atom. The van der Waals surface area contributed by atoms with Crippen molar-refractivity contribution in [1.82, 2.24) is 5.32 Å². The van der Waals surface area contributed by atoms with Gasteiger partial charge in [0.25, 0.3) is 11.6 Å². The van der Waals surface area contributed by atoms with Crippen molar-refractivity contribution in [1.29, 1.82) is 0 Å². The van der Waals surface area contributed by atoms with Crippen LogP contribution in [0.4, 0.5) is 17.1 Å². The molecule has 1 aliphatic heterocycles. The smallest absolute Gasteiger partial charge is 0.293 e. The van der Waals surface area contributed by atoms with E-state index in [9.17, 15) is 14.9 Å². The number of nitro groups is 1. The van der Waals surface area contributed by atoms with Crippen molar-refractivity contribution in [2.45, 2.75) is 6.92 Å². The van der Waals surface area contributed by atoms with Crippen LogP contribution in [0.25, 0.3) is 0 Å². The molecule has 0 aliphatic carbocycles. The van der Waals surface area contributed by atoms with E-state index in [4.69, 9.17) is 0 Å². The summed E-state index contributed by atoms with van der Waals surface area (Å²) in [6, 6.07) is 12.0. The van der Waals surface area contributed by atoms with Crippen LogP contribution in [-0.4, -0.2) is 37.0 Å². The van der Waals surface area contributed by atoms with Crippen LogP contribution < -0.4 is 15.5 Å². The van der Waals surface area contributed by atoms with Gasteiger partial charge in [-0.25, -0.2) is 0 Å². The first-order chi connectivity index (χ1) is 12.0. The number of piperazine rings is 1. The van der Waals surface area contributed by atoms with Crippen LogP contribution in [0.3, 0.4) is 0 Å². The van der Waals surface area contributed by atoms with Gasteiger partial charge in [-0.3, -0.25) is 14.9 Å². The zero-order chi connectivity index (χ0) is 17.8. The molecule has 0 bridgehead atoms. The number of benzene rings is 2. The molecule has 7 heteroatoms. The van der Waals surface area contributed by atoms with E-state index in [0.717, 1.165) is 18.7 Å². The molecule has 0 atom stereocenters. The molecule has 1 heterocycles. The third-order valence-electron chi connectivity index (χ3n) is 4.20. The molecule has 0 unspecified atom stereocenters. The fourth-order valence-electron chi connectivity index (χ4n) is 2.82. The number of amides is 1. The van der Waals surface area contributed by atoms with Gasteiger partial charge in [-0.05, 0) is 31.2 Å². The number of hydrogen-bond donors (Lipinski definition) is 2. The van der Waals surface area contributed by atoms with Crippen molar-refractivity contribution in [3.63, 3.8) is 0 Å². The van der Waals surface area contributed by atoms with Crippen molar-refractivity contribution >= 4 is 23.0 Å². The first-order valence-corrected chi connectivity index (χ1v) is 8.17. The lowest BCUT2D eigenvalue weighted by molar-refractivity contribution is -0.384. The summed E-state index contributed by atoms with van der Waals surface area (Å²) >= 11 is 0. The highest BCUT2D eigenvalue weighted by molar-refractivity contribution is 6.05. The van der Waals surface area contributed by atoms with Crippen LogP contribution in [0.15, 0.2) is 42.5 Å². The number of rotatable bonds is 4. The fraction of sp³-hybridized carbons (Fsp3) is 0.278. The van der Waals surface area contributed by atoms with E-state index in [1.165, 1.54) is 6.07 Å². The minimum Gasteiger partial charge on any atom is -0.363 e.